The second-order valence-corrected chi connectivity index (χ2v) is 12.3. The lowest BCUT2D eigenvalue weighted by Crippen LogP contribution is -1.93. The van der Waals surface area contributed by atoms with Crippen molar-refractivity contribution in [3.63, 3.8) is 0 Å². The lowest BCUT2D eigenvalue weighted by molar-refractivity contribution is 0.412. The standard InChI is InChI=1S/2C18H18N2O2S/c2*1-11-8-15(22-14-6-4-13(21-3)5-7-14)9-12(2)17(11)16-10-23-18(19)20-16/h2*4-10H,1-3H3,(H2,19,20). The van der Waals surface area contributed by atoms with Gasteiger partial charge in [-0.3, -0.25) is 0 Å². The Labute approximate surface area is 277 Å². The molecule has 0 saturated carbocycles. The molecule has 0 bridgehead atoms. The minimum atomic E-state index is 0.581. The zero-order valence-corrected chi connectivity index (χ0v) is 28.2. The van der Waals surface area contributed by atoms with Gasteiger partial charge >= 0.3 is 0 Å². The van der Waals surface area contributed by atoms with E-state index in [9.17, 15) is 0 Å². The maximum atomic E-state index is 5.94. The number of nitrogens with two attached hydrogens (primary N) is 2. The van der Waals surface area contributed by atoms with E-state index < -0.39 is 0 Å². The average molecular weight is 653 g/mol. The topological polar surface area (TPSA) is 115 Å². The third-order valence-corrected chi connectivity index (χ3v) is 8.51. The summed E-state index contributed by atoms with van der Waals surface area (Å²) in [5.41, 5.74) is 20.0. The van der Waals surface area contributed by atoms with E-state index in [2.05, 4.69) is 37.7 Å². The SMILES string of the molecule is COc1ccc(Oc2cc(C)c(-c3csc(N)n3)c(C)c2)cc1.COc1ccc(Oc2cc(C)c(-c3csc(N)n3)c(C)c2)cc1. The maximum absolute atomic E-state index is 5.94. The van der Waals surface area contributed by atoms with Crippen LogP contribution in [0.1, 0.15) is 22.3 Å². The quantitative estimate of drug-likeness (QED) is 0.167. The number of aryl methyl sites for hydroxylation is 4. The molecular weight excluding hydrogens is 617 g/mol. The summed E-state index contributed by atoms with van der Waals surface area (Å²) in [6.07, 6.45) is 0. The fourth-order valence-corrected chi connectivity index (χ4v) is 6.25. The van der Waals surface area contributed by atoms with Crippen molar-refractivity contribution in [2.75, 3.05) is 25.7 Å². The van der Waals surface area contributed by atoms with Gasteiger partial charge in [-0.15, -0.1) is 22.7 Å². The molecule has 0 aliphatic rings. The lowest BCUT2D eigenvalue weighted by atomic mass is 10.0. The van der Waals surface area contributed by atoms with Crippen LogP contribution in [0.15, 0.2) is 83.6 Å². The second-order valence-electron chi connectivity index (χ2n) is 10.6. The van der Waals surface area contributed by atoms with Gasteiger partial charge in [-0.25, -0.2) is 9.97 Å². The number of rotatable bonds is 8. The Balaban J connectivity index is 0.000000181. The molecule has 0 saturated heterocycles. The highest BCUT2D eigenvalue weighted by Gasteiger charge is 2.13. The molecule has 0 fully saturated rings. The van der Waals surface area contributed by atoms with E-state index in [4.69, 9.17) is 30.4 Å². The van der Waals surface area contributed by atoms with Crippen molar-refractivity contribution in [2.45, 2.75) is 27.7 Å². The van der Waals surface area contributed by atoms with Gasteiger partial charge in [-0.05, 0) is 123 Å². The van der Waals surface area contributed by atoms with Crippen LogP contribution in [0.4, 0.5) is 10.3 Å². The Kier molecular flexibility index (Phi) is 10.1. The molecule has 0 unspecified atom stereocenters. The number of thiazole rings is 2. The fraction of sp³-hybridized carbons (Fsp3) is 0.167. The van der Waals surface area contributed by atoms with Crippen LogP contribution in [0.5, 0.6) is 34.5 Å². The first-order valence-corrected chi connectivity index (χ1v) is 16.2. The minimum absolute atomic E-state index is 0.581. The summed E-state index contributed by atoms with van der Waals surface area (Å²) >= 11 is 2.90. The third kappa shape index (κ3) is 7.77. The minimum Gasteiger partial charge on any atom is -0.497 e. The molecule has 0 aliphatic carbocycles. The summed E-state index contributed by atoms with van der Waals surface area (Å²) in [6.45, 7) is 8.22. The molecule has 6 rings (SSSR count). The van der Waals surface area contributed by atoms with E-state index in [1.807, 2.05) is 83.6 Å². The third-order valence-electron chi connectivity index (χ3n) is 7.16. The van der Waals surface area contributed by atoms with E-state index in [1.165, 1.54) is 22.7 Å². The Morgan fingerprint density at radius 3 is 1.04 bits per heavy atom. The maximum Gasteiger partial charge on any atom is 0.180 e. The number of aromatic nitrogens is 2. The van der Waals surface area contributed by atoms with Gasteiger partial charge in [0, 0.05) is 21.9 Å². The first kappa shape index (κ1) is 32.3. The van der Waals surface area contributed by atoms with Crippen molar-refractivity contribution >= 4 is 32.9 Å². The summed E-state index contributed by atoms with van der Waals surface area (Å²) in [7, 11) is 3.29. The molecule has 0 radical (unpaired) electrons. The van der Waals surface area contributed by atoms with Gasteiger partial charge in [0.05, 0.1) is 25.6 Å². The molecule has 0 amide bonds. The van der Waals surface area contributed by atoms with E-state index in [0.717, 1.165) is 79.3 Å². The molecule has 10 heteroatoms. The van der Waals surface area contributed by atoms with Crippen molar-refractivity contribution in [1.82, 2.24) is 9.97 Å². The van der Waals surface area contributed by atoms with Gasteiger partial charge in [0.1, 0.15) is 34.5 Å². The highest BCUT2D eigenvalue weighted by atomic mass is 32.1. The van der Waals surface area contributed by atoms with Crippen LogP contribution in [0.3, 0.4) is 0 Å². The average Bonchev–Trinajstić information content (AvgIpc) is 3.65. The predicted octanol–water partition coefficient (Wildman–Crippen LogP) is 9.62. The van der Waals surface area contributed by atoms with Crippen molar-refractivity contribution in [3.8, 4) is 57.0 Å². The summed E-state index contributed by atoms with van der Waals surface area (Å²) < 4.78 is 22.2. The fourth-order valence-electron chi connectivity index (χ4n) is 5.14. The highest BCUT2D eigenvalue weighted by Crippen LogP contribution is 2.35. The van der Waals surface area contributed by atoms with Gasteiger partial charge in [0.15, 0.2) is 10.3 Å². The van der Waals surface area contributed by atoms with Crippen molar-refractivity contribution < 1.29 is 18.9 Å². The normalized spacial score (nSPS) is 10.6. The van der Waals surface area contributed by atoms with Crippen LogP contribution in [-0.2, 0) is 0 Å². The monoisotopic (exact) mass is 652 g/mol. The molecule has 0 aliphatic heterocycles. The molecule has 2 aromatic heterocycles. The molecule has 46 heavy (non-hydrogen) atoms. The first-order chi connectivity index (χ1) is 22.1. The Morgan fingerprint density at radius 1 is 0.478 bits per heavy atom. The summed E-state index contributed by atoms with van der Waals surface area (Å²) in [5.74, 6) is 4.77. The Bertz CT molecular complexity index is 1750. The molecule has 6 aromatic rings. The number of hydrogen-bond acceptors (Lipinski definition) is 10. The van der Waals surface area contributed by atoms with E-state index in [-0.39, 0.29) is 0 Å². The van der Waals surface area contributed by atoms with Gasteiger partial charge < -0.3 is 30.4 Å². The Hall–Kier alpha value is -5.06. The zero-order chi connectivity index (χ0) is 32.8. The highest BCUT2D eigenvalue weighted by molar-refractivity contribution is 7.14. The van der Waals surface area contributed by atoms with Crippen LogP contribution in [0.2, 0.25) is 0 Å². The first-order valence-electron chi connectivity index (χ1n) is 14.4. The van der Waals surface area contributed by atoms with Crippen LogP contribution >= 0.6 is 22.7 Å². The second kappa shape index (κ2) is 14.4. The number of hydrogen-bond donors (Lipinski definition) is 2. The van der Waals surface area contributed by atoms with Gasteiger partial charge in [0.25, 0.3) is 0 Å². The summed E-state index contributed by atoms with van der Waals surface area (Å²) in [6, 6.07) is 23.1. The molecule has 8 nitrogen and oxygen atoms in total. The van der Waals surface area contributed by atoms with E-state index >= 15 is 0 Å². The van der Waals surface area contributed by atoms with Crippen LogP contribution in [-0.4, -0.2) is 24.2 Å². The number of anilines is 2. The number of nitrogen functional groups attached to an aromatic ring is 2. The van der Waals surface area contributed by atoms with Crippen molar-refractivity contribution in [3.05, 3.63) is 106 Å². The van der Waals surface area contributed by atoms with Crippen LogP contribution < -0.4 is 30.4 Å². The van der Waals surface area contributed by atoms with Crippen LogP contribution in [0, 0.1) is 27.7 Å². The van der Waals surface area contributed by atoms with Gasteiger partial charge in [-0.1, -0.05) is 0 Å². The molecule has 236 valence electrons. The van der Waals surface area contributed by atoms with Gasteiger partial charge in [0.2, 0.25) is 0 Å². The van der Waals surface area contributed by atoms with Crippen LogP contribution in [0.25, 0.3) is 22.5 Å². The zero-order valence-electron chi connectivity index (χ0n) is 26.6. The molecule has 4 aromatic carbocycles. The van der Waals surface area contributed by atoms with Crippen molar-refractivity contribution in [1.29, 1.82) is 0 Å². The van der Waals surface area contributed by atoms with Gasteiger partial charge in [-0.2, -0.15) is 0 Å². The molecule has 2 heterocycles. The smallest absolute Gasteiger partial charge is 0.180 e. The molecule has 4 N–H and O–H groups in total. The number of ether oxygens (including phenoxy) is 4. The predicted molar refractivity (Wildman–Crippen MR) is 189 cm³/mol. The Morgan fingerprint density at radius 2 is 0.783 bits per heavy atom. The van der Waals surface area contributed by atoms with Crippen molar-refractivity contribution in [2.24, 2.45) is 0 Å². The van der Waals surface area contributed by atoms with E-state index in [0.29, 0.717) is 10.3 Å². The molecule has 0 spiro atoms. The summed E-state index contributed by atoms with van der Waals surface area (Å²) in [5, 5.41) is 5.12. The van der Waals surface area contributed by atoms with E-state index in [1.54, 1.807) is 14.2 Å². The number of benzene rings is 4. The number of nitrogens with zero attached hydrogens (tertiary/aromatic N) is 2. The molecule has 0 atom stereocenters. The largest absolute Gasteiger partial charge is 0.497 e. The molecular formula is C36H36N4O4S2. The lowest BCUT2D eigenvalue weighted by Gasteiger charge is -2.12. The number of methoxy groups -OCH3 is 2. The summed E-state index contributed by atoms with van der Waals surface area (Å²) in [4.78, 5) is 8.75.